The molecule has 0 radical (unpaired) electrons. The summed E-state index contributed by atoms with van der Waals surface area (Å²) in [5, 5.41) is 0. The number of benzene rings is 1. The second kappa shape index (κ2) is 8.81. The van der Waals surface area contributed by atoms with E-state index in [-0.39, 0.29) is 30.5 Å². The first kappa shape index (κ1) is 21.7. The number of ether oxygens (including phenoxy) is 1. The van der Waals surface area contributed by atoms with Crippen molar-refractivity contribution in [3.63, 3.8) is 0 Å². The van der Waals surface area contributed by atoms with Crippen molar-refractivity contribution in [3.05, 3.63) is 29.8 Å². The molecule has 0 unspecified atom stereocenters. The summed E-state index contributed by atoms with van der Waals surface area (Å²) in [5.74, 6) is -0.850. The number of carbonyl (C=O) groups excluding carboxylic acids is 2. The smallest absolute Gasteiger partial charge is 0.338 e. The summed E-state index contributed by atoms with van der Waals surface area (Å²) in [6, 6.07) is 5.75. The molecular formula is C20H29N3O5S. The van der Waals surface area contributed by atoms with Crippen molar-refractivity contribution in [2.24, 2.45) is 5.73 Å². The van der Waals surface area contributed by atoms with Crippen LogP contribution in [0.3, 0.4) is 0 Å². The molecule has 29 heavy (non-hydrogen) atoms. The second-order valence-electron chi connectivity index (χ2n) is 7.59. The molecule has 2 aliphatic heterocycles. The van der Waals surface area contributed by atoms with Crippen molar-refractivity contribution in [3.8, 4) is 0 Å². The number of likely N-dealkylation sites (tertiary alicyclic amines) is 1. The minimum Gasteiger partial charge on any atom is -0.462 e. The zero-order valence-electron chi connectivity index (χ0n) is 16.8. The molecule has 1 aromatic carbocycles. The average molecular weight is 424 g/mol. The summed E-state index contributed by atoms with van der Waals surface area (Å²) in [6.07, 6.45) is 3.99. The van der Waals surface area contributed by atoms with Crippen molar-refractivity contribution in [1.82, 2.24) is 9.21 Å². The number of primary amides is 1. The fourth-order valence-electron chi connectivity index (χ4n) is 4.26. The number of nitrogens with zero attached hydrogens (tertiary/aromatic N) is 2. The van der Waals surface area contributed by atoms with Gasteiger partial charge in [-0.1, -0.05) is 6.42 Å². The summed E-state index contributed by atoms with van der Waals surface area (Å²) in [6.45, 7) is 4.09. The van der Waals surface area contributed by atoms with Gasteiger partial charge in [-0.05, 0) is 70.0 Å². The lowest BCUT2D eigenvalue weighted by Gasteiger charge is -2.47. The Hall–Kier alpha value is -1.97. The van der Waals surface area contributed by atoms with Gasteiger partial charge in [-0.3, -0.25) is 9.69 Å². The zero-order valence-corrected chi connectivity index (χ0v) is 17.6. The Labute approximate surface area is 172 Å². The number of hydrogen-bond acceptors (Lipinski definition) is 6. The van der Waals surface area contributed by atoms with E-state index in [1.165, 1.54) is 28.6 Å². The molecule has 160 valence electrons. The Balaban J connectivity index is 1.73. The van der Waals surface area contributed by atoms with Crippen LogP contribution in [0.4, 0.5) is 0 Å². The van der Waals surface area contributed by atoms with Crippen molar-refractivity contribution in [2.45, 2.75) is 49.5 Å². The number of hydrogen-bond donors (Lipinski definition) is 1. The highest BCUT2D eigenvalue weighted by molar-refractivity contribution is 7.89. The zero-order chi connectivity index (χ0) is 21.1. The van der Waals surface area contributed by atoms with Crippen LogP contribution in [0.2, 0.25) is 0 Å². The third-order valence-corrected chi connectivity index (χ3v) is 7.89. The van der Waals surface area contributed by atoms with Gasteiger partial charge in [0.2, 0.25) is 15.9 Å². The molecule has 2 heterocycles. The minimum atomic E-state index is -3.71. The SMILES string of the molecule is CCOC(=O)c1ccc(S(=O)(=O)N2CCC(C(N)=O)(N3CCCCC3)CC2)cc1. The number of esters is 1. The predicted molar refractivity (Wildman–Crippen MR) is 108 cm³/mol. The van der Waals surface area contributed by atoms with E-state index >= 15 is 0 Å². The van der Waals surface area contributed by atoms with Crippen molar-refractivity contribution < 1.29 is 22.7 Å². The largest absolute Gasteiger partial charge is 0.462 e. The molecule has 2 aliphatic rings. The Morgan fingerprint density at radius 2 is 1.62 bits per heavy atom. The Morgan fingerprint density at radius 3 is 2.14 bits per heavy atom. The van der Waals surface area contributed by atoms with Gasteiger partial charge < -0.3 is 10.5 Å². The fraction of sp³-hybridized carbons (Fsp3) is 0.600. The maximum atomic E-state index is 13.0. The molecule has 0 bridgehead atoms. The van der Waals surface area contributed by atoms with Crippen molar-refractivity contribution in [1.29, 1.82) is 0 Å². The molecule has 2 fully saturated rings. The van der Waals surface area contributed by atoms with E-state index in [0.717, 1.165) is 32.4 Å². The number of nitrogens with two attached hydrogens (primary N) is 1. The van der Waals surface area contributed by atoms with Gasteiger partial charge in [0, 0.05) is 13.1 Å². The van der Waals surface area contributed by atoms with E-state index in [2.05, 4.69) is 4.90 Å². The van der Waals surface area contributed by atoms with E-state index < -0.39 is 21.5 Å². The number of piperidine rings is 2. The topological polar surface area (TPSA) is 110 Å². The summed E-state index contributed by atoms with van der Waals surface area (Å²) in [4.78, 5) is 26.4. The van der Waals surface area contributed by atoms with Gasteiger partial charge in [-0.15, -0.1) is 0 Å². The Bertz CT molecular complexity index is 839. The van der Waals surface area contributed by atoms with Gasteiger partial charge in [0.15, 0.2) is 0 Å². The number of carbonyl (C=O) groups is 2. The molecule has 0 aromatic heterocycles. The van der Waals surface area contributed by atoms with Gasteiger partial charge in [-0.2, -0.15) is 4.31 Å². The van der Waals surface area contributed by atoms with E-state index in [0.29, 0.717) is 18.4 Å². The number of amides is 1. The Kier molecular flexibility index (Phi) is 6.60. The van der Waals surface area contributed by atoms with Crippen LogP contribution in [-0.2, 0) is 19.6 Å². The van der Waals surface area contributed by atoms with Crippen molar-refractivity contribution >= 4 is 21.9 Å². The maximum Gasteiger partial charge on any atom is 0.338 e. The van der Waals surface area contributed by atoms with Gasteiger partial charge in [-0.25, -0.2) is 13.2 Å². The van der Waals surface area contributed by atoms with Crippen molar-refractivity contribution in [2.75, 3.05) is 32.8 Å². The van der Waals surface area contributed by atoms with E-state index in [4.69, 9.17) is 10.5 Å². The molecule has 9 heteroatoms. The lowest BCUT2D eigenvalue weighted by atomic mass is 9.84. The van der Waals surface area contributed by atoms with E-state index in [1.54, 1.807) is 6.92 Å². The lowest BCUT2D eigenvalue weighted by Crippen LogP contribution is -2.63. The van der Waals surface area contributed by atoms with Crippen LogP contribution in [0.15, 0.2) is 29.2 Å². The van der Waals surface area contributed by atoms with Gasteiger partial charge in [0.25, 0.3) is 0 Å². The third-order valence-electron chi connectivity index (χ3n) is 5.97. The van der Waals surface area contributed by atoms with Crippen LogP contribution in [0.25, 0.3) is 0 Å². The van der Waals surface area contributed by atoms with E-state index in [1.807, 2.05) is 0 Å². The van der Waals surface area contributed by atoms with Crippen LogP contribution in [0, 0.1) is 0 Å². The molecule has 0 aliphatic carbocycles. The standard InChI is InChI=1S/C20H29N3O5S/c1-2-28-18(24)16-6-8-17(9-7-16)29(26,27)23-14-10-20(11-15-23,19(21)25)22-12-4-3-5-13-22/h6-9H,2-5,10-15H2,1H3,(H2,21,25). The Morgan fingerprint density at radius 1 is 1.03 bits per heavy atom. The quantitative estimate of drug-likeness (QED) is 0.692. The van der Waals surface area contributed by atoms with Crippen LogP contribution < -0.4 is 5.73 Å². The second-order valence-corrected chi connectivity index (χ2v) is 9.53. The predicted octanol–water partition coefficient (Wildman–Crippen LogP) is 1.36. The van der Waals surface area contributed by atoms with Crippen LogP contribution in [0.5, 0.6) is 0 Å². The monoisotopic (exact) mass is 423 g/mol. The third kappa shape index (κ3) is 4.31. The highest BCUT2D eigenvalue weighted by atomic mass is 32.2. The molecule has 0 saturated carbocycles. The van der Waals surface area contributed by atoms with Crippen LogP contribution in [0.1, 0.15) is 49.4 Å². The molecule has 3 rings (SSSR count). The van der Waals surface area contributed by atoms with Gasteiger partial charge >= 0.3 is 5.97 Å². The average Bonchev–Trinajstić information content (AvgIpc) is 2.74. The molecule has 2 saturated heterocycles. The molecule has 0 spiro atoms. The first-order chi connectivity index (χ1) is 13.8. The van der Waals surface area contributed by atoms with E-state index in [9.17, 15) is 18.0 Å². The maximum absolute atomic E-state index is 13.0. The summed E-state index contributed by atoms with van der Waals surface area (Å²) in [5.41, 5.74) is 5.32. The molecule has 1 amide bonds. The highest BCUT2D eigenvalue weighted by Crippen LogP contribution is 2.33. The van der Waals surface area contributed by atoms with Gasteiger partial charge in [0.05, 0.1) is 17.1 Å². The molecular weight excluding hydrogens is 394 g/mol. The molecule has 8 nitrogen and oxygen atoms in total. The van der Waals surface area contributed by atoms with Crippen LogP contribution >= 0.6 is 0 Å². The first-order valence-corrected chi connectivity index (χ1v) is 11.6. The summed E-state index contributed by atoms with van der Waals surface area (Å²) >= 11 is 0. The molecule has 1 aromatic rings. The first-order valence-electron chi connectivity index (χ1n) is 10.1. The fourth-order valence-corrected chi connectivity index (χ4v) is 5.70. The molecule has 2 N–H and O–H groups in total. The highest BCUT2D eigenvalue weighted by Gasteiger charge is 2.47. The number of sulfonamides is 1. The minimum absolute atomic E-state index is 0.120. The molecule has 0 atom stereocenters. The lowest BCUT2D eigenvalue weighted by molar-refractivity contribution is -0.134. The van der Waals surface area contributed by atoms with Crippen LogP contribution in [-0.4, -0.2) is 67.8 Å². The van der Waals surface area contributed by atoms with Gasteiger partial charge in [0.1, 0.15) is 5.54 Å². The number of rotatable bonds is 6. The summed E-state index contributed by atoms with van der Waals surface area (Å²) in [7, 11) is -3.71. The normalized spacial score (nSPS) is 20.9. The summed E-state index contributed by atoms with van der Waals surface area (Å²) < 4.78 is 32.4.